The molecule has 0 aliphatic heterocycles. The van der Waals surface area contributed by atoms with Gasteiger partial charge in [-0.15, -0.1) is 0 Å². The lowest BCUT2D eigenvalue weighted by Gasteiger charge is -2.19. The lowest BCUT2D eigenvalue weighted by molar-refractivity contribution is -0.160. The van der Waals surface area contributed by atoms with E-state index >= 15 is 0 Å². The highest BCUT2D eigenvalue weighted by molar-refractivity contribution is 5.77. The van der Waals surface area contributed by atoms with Gasteiger partial charge in [0.15, 0.2) is 0 Å². The van der Waals surface area contributed by atoms with Crippen molar-refractivity contribution < 1.29 is 22.7 Å². The van der Waals surface area contributed by atoms with Gasteiger partial charge in [-0.25, -0.2) is 0 Å². The molecule has 0 aromatic rings. The normalized spacial score (nSPS) is 13.9. The number of halogens is 3. The van der Waals surface area contributed by atoms with Gasteiger partial charge in [-0.1, -0.05) is 0 Å². The van der Waals surface area contributed by atoms with Crippen LogP contribution >= 0.6 is 0 Å². The zero-order valence-electron chi connectivity index (χ0n) is 7.02. The molecule has 7 heteroatoms. The zero-order valence-corrected chi connectivity index (χ0v) is 7.02. The van der Waals surface area contributed by atoms with Crippen LogP contribution in [0, 0.1) is 0 Å². The van der Waals surface area contributed by atoms with Crippen LogP contribution in [0.4, 0.5) is 13.2 Å². The van der Waals surface area contributed by atoms with Gasteiger partial charge in [-0.2, -0.15) is 13.2 Å². The van der Waals surface area contributed by atoms with E-state index in [9.17, 15) is 18.0 Å². The Morgan fingerprint density at radius 3 is 2.46 bits per heavy atom. The molecule has 1 atom stereocenters. The molecule has 0 heterocycles. The van der Waals surface area contributed by atoms with Crippen molar-refractivity contribution in [3.05, 3.63) is 0 Å². The van der Waals surface area contributed by atoms with Crippen LogP contribution in [0.15, 0.2) is 0 Å². The van der Waals surface area contributed by atoms with Gasteiger partial charge in [-0.3, -0.25) is 4.79 Å². The maximum absolute atomic E-state index is 12.0. The van der Waals surface area contributed by atoms with Crippen LogP contribution in [0.3, 0.4) is 0 Å². The number of hydrogen-bond donors (Lipinski definition) is 2. The van der Waals surface area contributed by atoms with E-state index in [-0.39, 0.29) is 0 Å². The van der Waals surface area contributed by atoms with Gasteiger partial charge in [-0.05, 0) is 0 Å². The van der Waals surface area contributed by atoms with Crippen LogP contribution in [-0.2, 0) is 9.53 Å². The Bertz CT molecular complexity index is 172. The second-order valence-electron chi connectivity index (χ2n) is 2.33. The third-order valence-corrected chi connectivity index (χ3v) is 1.24. The molecule has 0 aliphatic carbocycles. The Balaban J connectivity index is 4.06. The molecule has 4 nitrogen and oxygen atoms in total. The second-order valence-corrected chi connectivity index (χ2v) is 2.33. The summed E-state index contributed by atoms with van der Waals surface area (Å²) in [5.74, 6) is -0.838. The third-order valence-electron chi connectivity index (χ3n) is 1.24. The summed E-state index contributed by atoms with van der Waals surface area (Å²) in [5.41, 5.74) is 4.83. The average Bonchev–Trinajstić information content (AvgIpc) is 1.98. The maximum Gasteiger partial charge on any atom is 0.409 e. The van der Waals surface area contributed by atoms with E-state index in [1.54, 1.807) is 5.32 Å². The zero-order chi connectivity index (χ0) is 10.5. The first kappa shape index (κ1) is 12.2. The lowest BCUT2D eigenvalue weighted by atomic mass is 10.3. The number of nitrogens with two attached hydrogens (primary N) is 1. The molecule has 0 aliphatic rings. The molecule has 0 aromatic carbocycles. The van der Waals surface area contributed by atoms with Crippen molar-refractivity contribution in [1.29, 1.82) is 0 Å². The van der Waals surface area contributed by atoms with E-state index in [2.05, 4.69) is 4.74 Å². The van der Waals surface area contributed by atoms with Gasteiger partial charge in [0.1, 0.15) is 12.6 Å². The molecular weight excluding hydrogens is 189 g/mol. The summed E-state index contributed by atoms with van der Waals surface area (Å²) in [4.78, 5) is 10.7. The van der Waals surface area contributed by atoms with Crippen molar-refractivity contribution in [1.82, 2.24) is 5.32 Å². The van der Waals surface area contributed by atoms with Gasteiger partial charge in [0.05, 0.1) is 0 Å². The van der Waals surface area contributed by atoms with E-state index in [4.69, 9.17) is 5.73 Å². The number of alkyl halides is 3. The number of carbonyl (C=O) groups is 1. The molecule has 1 amide bonds. The van der Waals surface area contributed by atoms with Crippen molar-refractivity contribution in [3.63, 3.8) is 0 Å². The number of ether oxygens (including phenoxy) is 1. The molecule has 0 fully saturated rings. The molecule has 0 saturated heterocycles. The summed E-state index contributed by atoms with van der Waals surface area (Å²) in [6.07, 6.45) is -4.52. The first-order valence-corrected chi connectivity index (χ1v) is 3.47. The molecule has 0 rings (SSSR count). The SMILES string of the molecule is COCC(=O)NC(CN)C(F)(F)F. The number of carbonyl (C=O) groups excluding carboxylic acids is 1. The van der Waals surface area contributed by atoms with E-state index < -0.39 is 31.3 Å². The number of methoxy groups -OCH3 is 1. The Morgan fingerprint density at radius 2 is 2.15 bits per heavy atom. The monoisotopic (exact) mass is 200 g/mol. The Kier molecular flexibility index (Phi) is 4.71. The molecule has 0 aromatic heterocycles. The maximum atomic E-state index is 12.0. The number of hydrogen-bond acceptors (Lipinski definition) is 3. The fraction of sp³-hybridized carbons (Fsp3) is 0.833. The molecule has 0 bridgehead atoms. The first-order chi connectivity index (χ1) is 5.91. The summed E-state index contributed by atoms with van der Waals surface area (Å²) < 4.78 is 40.3. The number of nitrogens with one attached hydrogen (secondary N) is 1. The predicted molar refractivity (Wildman–Crippen MR) is 38.9 cm³/mol. The van der Waals surface area contributed by atoms with Crippen LogP contribution in [0.5, 0.6) is 0 Å². The molecule has 78 valence electrons. The predicted octanol–water partition coefficient (Wildman–Crippen LogP) is -0.361. The summed E-state index contributed by atoms with van der Waals surface area (Å²) in [5, 5.41) is 1.69. The van der Waals surface area contributed by atoms with E-state index in [1.165, 1.54) is 7.11 Å². The quantitative estimate of drug-likeness (QED) is 0.651. The van der Waals surface area contributed by atoms with E-state index in [0.29, 0.717) is 0 Å². The van der Waals surface area contributed by atoms with E-state index in [1.807, 2.05) is 0 Å². The van der Waals surface area contributed by atoms with Crippen LogP contribution in [-0.4, -0.2) is 38.4 Å². The Morgan fingerprint density at radius 1 is 1.62 bits per heavy atom. The van der Waals surface area contributed by atoms with Crippen LogP contribution < -0.4 is 11.1 Å². The molecule has 0 radical (unpaired) electrons. The number of rotatable bonds is 4. The Hall–Kier alpha value is -0.820. The first-order valence-electron chi connectivity index (χ1n) is 3.47. The minimum absolute atomic E-state index is 0.410. The molecule has 3 N–H and O–H groups in total. The summed E-state index contributed by atoms with van der Waals surface area (Å²) in [7, 11) is 1.21. The number of amides is 1. The average molecular weight is 200 g/mol. The topological polar surface area (TPSA) is 64.3 Å². The minimum atomic E-state index is -4.52. The highest BCUT2D eigenvalue weighted by atomic mass is 19.4. The fourth-order valence-electron chi connectivity index (χ4n) is 0.641. The van der Waals surface area contributed by atoms with Crippen molar-refractivity contribution in [2.24, 2.45) is 5.73 Å². The second kappa shape index (κ2) is 5.03. The summed E-state index contributed by atoms with van der Waals surface area (Å²) in [6, 6.07) is -2.00. The van der Waals surface area contributed by atoms with Crippen molar-refractivity contribution in [2.75, 3.05) is 20.3 Å². The van der Waals surface area contributed by atoms with E-state index in [0.717, 1.165) is 0 Å². The summed E-state index contributed by atoms with van der Waals surface area (Å²) >= 11 is 0. The molecule has 0 saturated carbocycles. The standard InChI is InChI=1S/C6H11F3N2O2/c1-13-3-5(12)11-4(2-10)6(7,8)9/h4H,2-3,10H2,1H3,(H,11,12). The van der Waals surface area contributed by atoms with Crippen molar-refractivity contribution >= 4 is 5.91 Å². The smallest absolute Gasteiger partial charge is 0.375 e. The highest BCUT2D eigenvalue weighted by Gasteiger charge is 2.39. The summed E-state index contributed by atoms with van der Waals surface area (Å²) in [6.45, 7) is -1.09. The molecule has 0 spiro atoms. The van der Waals surface area contributed by atoms with Crippen LogP contribution in [0.1, 0.15) is 0 Å². The largest absolute Gasteiger partial charge is 0.409 e. The minimum Gasteiger partial charge on any atom is -0.375 e. The third kappa shape index (κ3) is 4.69. The molecule has 1 unspecified atom stereocenters. The van der Waals surface area contributed by atoms with Gasteiger partial charge >= 0.3 is 6.18 Å². The van der Waals surface area contributed by atoms with Crippen molar-refractivity contribution in [2.45, 2.75) is 12.2 Å². The van der Waals surface area contributed by atoms with Gasteiger partial charge in [0, 0.05) is 13.7 Å². The lowest BCUT2D eigenvalue weighted by Crippen LogP contribution is -2.50. The Labute approximate surface area is 73.2 Å². The van der Waals surface area contributed by atoms with Crippen LogP contribution in [0.2, 0.25) is 0 Å². The molecule has 13 heavy (non-hydrogen) atoms. The van der Waals surface area contributed by atoms with Gasteiger partial charge in [0.25, 0.3) is 0 Å². The fourth-order valence-corrected chi connectivity index (χ4v) is 0.641. The van der Waals surface area contributed by atoms with Crippen molar-refractivity contribution in [3.8, 4) is 0 Å². The van der Waals surface area contributed by atoms with Crippen LogP contribution in [0.25, 0.3) is 0 Å². The van der Waals surface area contributed by atoms with Gasteiger partial charge < -0.3 is 15.8 Å². The molecular formula is C6H11F3N2O2. The highest BCUT2D eigenvalue weighted by Crippen LogP contribution is 2.18. The van der Waals surface area contributed by atoms with Gasteiger partial charge in [0.2, 0.25) is 5.91 Å².